The van der Waals surface area contributed by atoms with E-state index in [1.54, 1.807) is 24.3 Å². The van der Waals surface area contributed by atoms with Crippen LogP contribution < -0.4 is 9.91 Å². The van der Waals surface area contributed by atoms with Crippen molar-refractivity contribution < 1.29 is 14.5 Å². The Morgan fingerprint density at radius 2 is 1.58 bits per heavy atom. The number of amides is 2. The zero-order valence-corrected chi connectivity index (χ0v) is 14.6. The van der Waals surface area contributed by atoms with Crippen molar-refractivity contribution in [1.29, 1.82) is 0 Å². The molecule has 0 aliphatic carbocycles. The van der Waals surface area contributed by atoms with Crippen molar-refractivity contribution >= 4 is 44.8 Å². The summed E-state index contributed by atoms with van der Waals surface area (Å²) in [6.07, 6.45) is 0. The number of halogens is 1. The van der Waals surface area contributed by atoms with Gasteiger partial charge in [0, 0.05) is 16.6 Å². The summed E-state index contributed by atoms with van der Waals surface area (Å²) in [5.41, 5.74) is 0.828. The molecular weight excluding hydrogens is 406 g/mol. The molecule has 2 amide bonds. The van der Waals surface area contributed by atoms with Crippen LogP contribution in [0, 0.1) is 10.1 Å². The number of carbonyl (C=O) groups is 2. The van der Waals surface area contributed by atoms with E-state index in [4.69, 9.17) is 0 Å². The summed E-state index contributed by atoms with van der Waals surface area (Å²) < 4.78 is 0.827. The molecule has 2 heterocycles. The lowest BCUT2D eigenvalue weighted by atomic mass is 10.1. The number of nitro groups is 1. The average Bonchev–Trinajstić information content (AvgIpc) is 3.17. The Morgan fingerprint density at radius 3 is 2.19 bits per heavy atom. The highest BCUT2D eigenvalue weighted by Crippen LogP contribution is 2.35. The molecule has 4 rings (SSSR count). The Morgan fingerprint density at radius 1 is 0.962 bits per heavy atom. The van der Waals surface area contributed by atoms with Crippen molar-refractivity contribution in [1.82, 2.24) is 0 Å². The van der Waals surface area contributed by atoms with E-state index in [0.29, 0.717) is 11.4 Å². The van der Waals surface area contributed by atoms with Crippen molar-refractivity contribution in [3.05, 3.63) is 63.1 Å². The van der Waals surface area contributed by atoms with E-state index >= 15 is 0 Å². The molecule has 0 spiro atoms. The van der Waals surface area contributed by atoms with Crippen molar-refractivity contribution in [3.63, 3.8) is 0 Å². The van der Waals surface area contributed by atoms with Gasteiger partial charge >= 0.3 is 0 Å². The molecule has 1 saturated heterocycles. The number of carbonyl (C=O) groups excluding carboxylic acids is 2. The lowest BCUT2D eigenvalue weighted by Crippen LogP contribution is -2.39. The number of rotatable bonds is 3. The first-order valence-electron chi connectivity index (χ1n) is 7.55. The Balaban J connectivity index is 1.65. The highest BCUT2D eigenvalue weighted by molar-refractivity contribution is 9.10. The third-order valence-corrected chi connectivity index (χ3v) is 4.72. The molecular formula is C16H10BrN5O4. The number of hydrogen-bond acceptors (Lipinski definition) is 7. The summed E-state index contributed by atoms with van der Waals surface area (Å²) in [5, 5.41) is 20.0. The summed E-state index contributed by atoms with van der Waals surface area (Å²) in [5.74, 6) is -0.888. The molecule has 0 saturated carbocycles. The van der Waals surface area contributed by atoms with Crippen LogP contribution in [0.5, 0.6) is 0 Å². The standard InChI is InChI=1S/C16H10BrN5O4/c17-9-1-3-10(4-2-9)20-15(23)13-14(16(20)24)21(19-18-13)11-5-7-12(8-6-11)22(25)26/h1-8,13-14H/t13-,14-/m0/s1. The predicted octanol–water partition coefficient (Wildman–Crippen LogP) is 2.86. The fraction of sp³-hybridized carbons (Fsp3) is 0.125. The molecule has 2 atom stereocenters. The van der Waals surface area contributed by atoms with Crippen LogP contribution in [0.15, 0.2) is 63.3 Å². The first-order valence-corrected chi connectivity index (χ1v) is 8.34. The molecule has 2 aromatic carbocycles. The Hall–Kier alpha value is -3.14. The van der Waals surface area contributed by atoms with Crippen LogP contribution in [0.2, 0.25) is 0 Å². The SMILES string of the molecule is O=C1[C@H]2N=NN(c3ccc([N+](=O)[O-])cc3)[C@@H]2C(=O)N1c1ccc(Br)cc1. The number of nitro benzene ring substituents is 1. The van der Waals surface area contributed by atoms with Crippen LogP contribution in [-0.4, -0.2) is 28.8 Å². The van der Waals surface area contributed by atoms with E-state index in [1.165, 1.54) is 29.3 Å². The zero-order valence-electron chi connectivity index (χ0n) is 13.0. The van der Waals surface area contributed by atoms with E-state index in [-0.39, 0.29) is 5.69 Å². The van der Waals surface area contributed by atoms with Crippen LogP contribution in [0.4, 0.5) is 17.1 Å². The van der Waals surface area contributed by atoms with Gasteiger partial charge in [0.1, 0.15) is 0 Å². The first-order chi connectivity index (χ1) is 12.5. The predicted molar refractivity (Wildman–Crippen MR) is 94.6 cm³/mol. The first kappa shape index (κ1) is 16.3. The van der Waals surface area contributed by atoms with Gasteiger partial charge in [-0.1, -0.05) is 21.2 Å². The Bertz CT molecular complexity index is 944. The molecule has 0 aromatic heterocycles. The van der Waals surface area contributed by atoms with Crippen molar-refractivity contribution in [3.8, 4) is 0 Å². The molecule has 2 aromatic rings. The average molecular weight is 416 g/mol. The smallest absolute Gasteiger partial charge is 0.269 e. The van der Waals surface area contributed by atoms with Gasteiger partial charge in [-0.15, -0.1) is 0 Å². The normalized spacial score (nSPS) is 21.4. The van der Waals surface area contributed by atoms with Crippen molar-refractivity contribution in [2.45, 2.75) is 12.1 Å². The van der Waals surface area contributed by atoms with Crippen molar-refractivity contribution in [2.75, 3.05) is 9.91 Å². The second-order valence-electron chi connectivity index (χ2n) is 5.70. The quantitative estimate of drug-likeness (QED) is 0.434. The lowest BCUT2D eigenvalue weighted by molar-refractivity contribution is -0.384. The number of anilines is 2. The van der Waals surface area contributed by atoms with Gasteiger partial charge in [0.25, 0.3) is 17.5 Å². The maximum Gasteiger partial charge on any atom is 0.269 e. The third-order valence-electron chi connectivity index (χ3n) is 4.19. The van der Waals surface area contributed by atoms with E-state index in [9.17, 15) is 19.7 Å². The molecule has 0 unspecified atom stereocenters. The van der Waals surface area contributed by atoms with Gasteiger partial charge < -0.3 is 0 Å². The Kier molecular flexibility index (Phi) is 3.76. The summed E-state index contributed by atoms with van der Waals surface area (Å²) >= 11 is 3.31. The second-order valence-corrected chi connectivity index (χ2v) is 6.62. The molecule has 26 heavy (non-hydrogen) atoms. The fourth-order valence-electron chi connectivity index (χ4n) is 2.95. The molecule has 2 aliphatic rings. The van der Waals surface area contributed by atoms with Crippen LogP contribution in [-0.2, 0) is 9.59 Å². The Labute approximate surface area is 155 Å². The summed E-state index contributed by atoms with van der Waals surface area (Å²) in [6, 6.07) is 10.5. The monoisotopic (exact) mass is 415 g/mol. The fourth-order valence-corrected chi connectivity index (χ4v) is 3.21. The van der Waals surface area contributed by atoms with Gasteiger partial charge in [-0.05, 0) is 36.4 Å². The molecule has 10 heteroatoms. The van der Waals surface area contributed by atoms with Crippen LogP contribution in [0.25, 0.3) is 0 Å². The van der Waals surface area contributed by atoms with Gasteiger partial charge in [-0.25, -0.2) is 9.91 Å². The van der Waals surface area contributed by atoms with E-state index in [2.05, 4.69) is 26.3 Å². The summed E-state index contributed by atoms with van der Waals surface area (Å²) in [6.45, 7) is 0. The number of fused-ring (bicyclic) bond motifs is 1. The molecule has 0 radical (unpaired) electrons. The van der Waals surface area contributed by atoms with Gasteiger partial charge in [0.2, 0.25) is 0 Å². The number of nitrogens with zero attached hydrogens (tertiary/aromatic N) is 5. The summed E-state index contributed by atoms with van der Waals surface area (Å²) in [7, 11) is 0. The number of imide groups is 1. The maximum absolute atomic E-state index is 12.9. The van der Waals surface area contributed by atoms with E-state index in [0.717, 1.165) is 9.37 Å². The number of hydrogen-bond donors (Lipinski definition) is 0. The van der Waals surface area contributed by atoms with E-state index in [1.807, 2.05) is 0 Å². The number of non-ortho nitro benzene ring substituents is 1. The van der Waals surface area contributed by atoms with Gasteiger partial charge in [0.15, 0.2) is 12.1 Å². The van der Waals surface area contributed by atoms with Crippen LogP contribution in [0.1, 0.15) is 0 Å². The van der Waals surface area contributed by atoms with E-state index < -0.39 is 28.8 Å². The van der Waals surface area contributed by atoms with Crippen molar-refractivity contribution in [2.24, 2.45) is 10.3 Å². The minimum Gasteiger partial charge on any atom is -0.271 e. The second kappa shape index (κ2) is 5.99. The highest BCUT2D eigenvalue weighted by atomic mass is 79.9. The topological polar surface area (TPSA) is 108 Å². The van der Waals surface area contributed by atoms with Gasteiger partial charge in [0.05, 0.1) is 16.3 Å². The van der Waals surface area contributed by atoms with Gasteiger partial charge in [-0.2, -0.15) is 5.11 Å². The highest BCUT2D eigenvalue weighted by Gasteiger charge is 2.55. The molecule has 9 nitrogen and oxygen atoms in total. The third kappa shape index (κ3) is 2.46. The minimum absolute atomic E-state index is 0.0771. The maximum atomic E-state index is 12.9. The summed E-state index contributed by atoms with van der Waals surface area (Å²) in [4.78, 5) is 36.8. The zero-order chi connectivity index (χ0) is 18.4. The lowest BCUT2D eigenvalue weighted by Gasteiger charge is -2.20. The molecule has 2 aliphatic heterocycles. The minimum atomic E-state index is -0.929. The number of benzene rings is 2. The van der Waals surface area contributed by atoms with Gasteiger partial charge in [-0.3, -0.25) is 19.7 Å². The molecule has 0 bridgehead atoms. The molecule has 130 valence electrons. The molecule has 1 fully saturated rings. The van der Waals surface area contributed by atoms with Crippen LogP contribution >= 0.6 is 15.9 Å². The van der Waals surface area contributed by atoms with Crippen LogP contribution in [0.3, 0.4) is 0 Å². The largest absolute Gasteiger partial charge is 0.271 e. The molecule has 0 N–H and O–H groups in total.